The molecule has 0 saturated carbocycles. The summed E-state index contributed by atoms with van der Waals surface area (Å²) in [5.74, 6) is -0.278. The van der Waals surface area contributed by atoms with Gasteiger partial charge in [0.1, 0.15) is 6.61 Å². The lowest BCUT2D eigenvalue weighted by Gasteiger charge is -2.28. The molecule has 4 rings (SSSR count). The van der Waals surface area contributed by atoms with E-state index in [0.717, 1.165) is 0 Å². The highest BCUT2D eigenvalue weighted by Gasteiger charge is 2.32. The normalized spacial score (nSPS) is 20.2. The number of benzene rings is 2. The van der Waals surface area contributed by atoms with Crippen molar-refractivity contribution in [3.63, 3.8) is 0 Å². The van der Waals surface area contributed by atoms with Crippen LogP contribution in [0.3, 0.4) is 0 Å². The van der Waals surface area contributed by atoms with Gasteiger partial charge in [0.05, 0.1) is 11.4 Å². The third-order valence-corrected chi connectivity index (χ3v) is 4.74. The molecule has 2 amide bonds. The lowest BCUT2D eigenvalue weighted by Crippen LogP contribution is -2.43. The minimum atomic E-state index is -0.949. The topological polar surface area (TPSA) is 94.2 Å². The Labute approximate surface area is 167 Å². The van der Waals surface area contributed by atoms with Crippen LogP contribution in [-0.2, 0) is 19.1 Å². The quantitative estimate of drug-likeness (QED) is 0.799. The molecule has 0 unspecified atom stereocenters. The fraction of sp³-hybridized carbons (Fsp3) is 0.286. The second-order valence-electron chi connectivity index (χ2n) is 6.85. The molecular weight excluding hydrogens is 376 g/mol. The summed E-state index contributed by atoms with van der Waals surface area (Å²) in [6.07, 6.45) is -0.806. The second kappa shape index (κ2) is 7.83. The average Bonchev–Trinajstić information content (AvgIpc) is 2.85. The summed E-state index contributed by atoms with van der Waals surface area (Å²) >= 11 is 0. The van der Waals surface area contributed by atoms with Crippen LogP contribution in [0.1, 0.15) is 13.3 Å². The van der Waals surface area contributed by atoms with E-state index in [1.807, 2.05) is 0 Å². The van der Waals surface area contributed by atoms with Gasteiger partial charge < -0.3 is 24.4 Å². The van der Waals surface area contributed by atoms with E-state index in [1.165, 1.54) is 4.90 Å². The second-order valence-corrected chi connectivity index (χ2v) is 6.85. The molecule has 150 valence electrons. The first kappa shape index (κ1) is 18.8. The number of rotatable bonds is 3. The van der Waals surface area contributed by atoms with E-state index in [1.54, 1.807) is 55.5 Å². The first-order valence-electron chi connectivity index (χ1n) is 9.29. The van der Waals surface area contributed by atoms with Crippen molar-refractivity contribution in [1.82, 2.24) is 0 Å². The molecule has 0 aliphatic carbocycles. The molecule has 0 aromatic heterocycles. The van der Waals surface area contributed by atoms with Crippen molar-refractivity contribution in [2.75, 3.05) is 23.4 Å². The third kappa shape index (κ3) is 3.87. The lowest BCUT2D eigenvalue weighted by molar-refractivity contribution is -0.157. The molecule has 2 aromatic rings. The molecule has 0 fully saturated rings. The maximum absolute atomic E-state index is 12.9. The van der Waals surface area contributed by atoms with Gasteiger partial charge in [0.25, 0.3) is 5.91 Å². The molecule has 29 heavy (non-hydrogen) atoms. The van der Waals surface area contributed by atoms with Gasteiger partial charge in [-0.2, -0.15) is 0 Å². The number of hydrogen-bond donors (Lipinski definition) is 1. The molecular formula is C21H20N2O6. The summed E-state index contributed by atoms with van der Waals surface area (Å²) in [5, 5.41) is 2.79. The van der Waals surface area contributed by atoms with E-state index >= 15 is 0 Å². The fourth-order valence-corrected chi connectivity index (χ4v) is 3.40. The fourth-order valence-electron chi connectivity index (χ4n) is 3.40. The smallest absolute Gasteiger partial charge is 0.351 e. The van der Waals surface area contributed by atoms with Crippen molar-refractivity contribution in [2.45, 2.75) is 25.5 Å². The number of nitrogens with zero attached hydrogens (tertiary/aromatic N) is 1. The van der Waals surface area contributed by atoms with Crippen molar-refractivity contribution in [1.29, 1.82) is 0 Å². The van der Waals surface area contributed by atoms with Gasteiger partial charge in [-0.05, 0) is 31.2 Å². The van der Waals surface area contributed by atoms with Crippen molar-refractivity contribution in [3.8, 4) is 11.5 Å². The highest BCUT2D eigenvalue weighted by molar-refractivity contribution is 6.05. The van der Waals surface area contributed by atoms with Gasteiger partial charge in [-0.25, -0.2) is 4.79 Å². The molecule has 2 heterocycles. The van der Waals surface area contributed by atoms with Gasteiger partial charge in [0.2, 0.25) is 12.0 Å². The van der Waals surface area contributed by atoms with Crippen molar-refractivity contribution in [2.24, 2.45) is 0 Å². The maximum Gasteiger partial charge on any atom is 0.351 e. The zero-order valence-corrected chi connectivity index (χ0v) is 15.8. The van der Waals surface area contributed by atoms with Gasteiger partial charge in [-0.15, -0.1) is 0 Å². The van der Waals surface area contributed by atoms with Crippen LogP contribution in [0.5, 0.6) is 11.5 Å². The number of carbonyl (C=O) groups is 3. The molecule has 1 N–H and O–H groups in total. The predicted molar refractivity (Wildman–Crippen MR) is 104 cm³/mol. The van der Waals surface area contributed by atoms with E-state index in [4.69, 9.17) is 14.2 Å². The van der Waals surface area contributed by atoms with Crippen LogP contribution in [0, 0.1) is 0 Å². The summed E-state index contributed by atoms with van der Waals surface area (Å²) in [4.78, 5) is 38.7. The number of hydrogen-bond acceptors (Lipinski definition) is 6. The number of anilines is 2. The number of ether oxygens (including phenoxy) is 3. The van der Waals surface area contributed by atoms with Gasteiger partial charge in [0.15, 0.2) is 18.1 Å². The largest absolute Gasteiger partial charge is 0.485 e. The van der Waals surface area contributed by atoms with E-state index in [0.29, 0.717) is 22.9 Å². The molecule has 2 aromatic carbocycles. The predicted octanol–water partition coefficient (Wildman–Crippen LogP) is 2.13. The van der Waals surface area contributed by atoms with Crippen LogP contribution in [0.2, 0.25) is 0 Å². The SMILES string of the molecule is C[C@H]1CC(=O)Nc2ccccc2N1C(=O)COC(=O)[C@@H]1COc2ccccc2O1. The Kier molecular flexibility index (Phi) is 5.07. The van der Waals surface area contributed by atoms with Crippen LogP contribution in [0.25, 0.3) is 0 Å². The van der Waals surface area contributed by atoms with Crippen LogP contribution in [0.15, 0.2) is 48.5 Å². The summed E-state index contributed by atoms with van der Waals surface area (Å²) in [5.41, 5.74) is 1.11. The number of esters is 1. The number of fused-ring (bicyclic) bond motifs is 2. The summed E-state index contributed by atoms with van der Waals surface area (Å²) in [6.45, 7) is 1.31. The highest BCUT2D eigenvalue weighted by Crippen LogP contribution is 2.32. The van der Waals surface area contributed by atoms with Gasteiger partial charge >= 0.3 is 5.97 Å². The van der Waals surface area contributed by atoms with Crippen molar-refractivity contribution >= 4 is 29.2 Å². The lowest BCUT2D eigenvalue weighted by atomic mass is 10.1. The van der Waals surface area contributed by atoms with Crippen LogP contribution in [0.4, 0.5) is 11.4 Å². The Bertz CT molecular complexity index is 960. The van der Waals surface area contributed by atoms with Crippen LogP contribution in [-0.4, -0.2) is 43.1 Å². The minimum absolute atomic E-state index is 0.00537. The van der Waals surface area contributed by atoms with E-state index in [2.05, 4.69) is 5.32 Å². The zero-order valence-electron chi connectivity index (χ0n) is 15.8. The van der Waals surface area contributed by atoms with E-state index < -0.39 is 24.6 Å². The van der Waals surface area contributed by atoms with Gasteiger partial charge in [-0.3, -0.25) is 9.59 Å². The monoisotopic (exact) mass is 396 g/mol. The minimum Gasteiger partial charge on any atom is -0.485 e. The molecule has 2 aliphatic heterocycles. The summed E-state index contributed by atoms with van der Waals surface area (Å²) < 4.78 is 16.3. The van der Waals surface area contributed by atoms with Crippen molar-refractivity contribution < 1.29 is 28.6 Å². The van der Waals surface area contributed by atoms with Crippen LogP contribution >= 0.6 is 0 Å². The average molecular weight is 396 g/mol. The molecule has 8 heteroatoms. The van der Waals surface area contributed by atoms with E-state index in [9.17, 15) is 14.4 Å². The Hall–Kier alpha value is -3.55. The molecule has 2 atom stereocenters. The Morgan fingerprint density at radius 2 is 1.86 bits per heavy atom. The Balaban J connectivity index is 1.43. The molecule has 0 radical (unpaired) electrons. The number of carbonyl (C=O) groups excluding carboxylic acids is 3. The zero-order chi connectivity index (χ0) is 20.4. The summed E-state index contributed by atoms with van der Waals surface area (Å²) in [7, 11) is 0. The van der Waals surface area contributed by atoms with Gasteiger partial charge in [0, 0.05) is 12.5 Å². The van der Waals surface area contributed by atoms with Gasteiger partial charge in [-0.1, -0.05) is 24.3 Å². The molecule has 0 bridgehead atoms. The Morgan fingerprint density at radius 3 is 2.69 bits per heavy atom. The third-order valence-electron chi connectivity index (χ3n) is 4.74. The van der Waals surface area contributed by atoms with E-state index in [-0.39, 0.29) is 25.0 Å². The molecule has 2 aliphatic rings. The van der Waals surface area contributed by atoms with Crippen LogP contribution < -0.4 is 19.7 Å². The Morgan fingerprint density at radius 1 is 1.14 bits per heavy atom. The number of para-hydroxylation sites is 4. The molecule has 0 saturated heterocycles. The maximum atomic E-state index is 12.9. The first-order chi connectivity index (χ1) is 14.0. The molecule has 0 spiro atoms. The summed E-state index contributed by atoms with van der Waals surface area (Å²) in [6, 6.07) is 13.6. The first-order valence-corrected chi connectivity index (χ1v) is 9.29. The highest BCUT2D eigenvalue weighted by atomic mass is 16.6. The number of amides is 2. The van der Waals surface area contributed by atoms with Crippen molar-refractivity contribution in [3.05, 3.63) is 48.5 Å². The number of nitrogens with one attached hydrogen (secondary N) is 1. The molecule has 8 nitrogen and oxygen atoms in total. The standard InChI is InChI=1S/C21H20N2O6/c1-13-10-19(24)22-14-6-2-3-7-15(14)23(13)20(25)12-28-21(26)18-11-27-16-8-4-5-9-17(16)29-18/h2-9,13,18H,10-12H2,1H3,(H,22,24)/t13-,18-/m0/s1.